The van der Waals surface area contributed by atoms with E-state index in [0.717, 1.165) is 16.7 Å². The van der Waals surface area contributed by atoms with Gasteiger partial charge in [0.15, 0.2) is 23.6 Å². The van der Waals surface area contributed by atoms with Crippen LogP contribution in [0.5, 0.6) is 11.5 Å². The molecular formula is C21H19ClN2O4. The molecule has 1 aliphatic rings. The van der Waals surface area contributed by atoms with Gasteiger partial charge in [-0.05, 0) is 35.4 Å². The molecule has 6 nitrogen and oxygen atoms in total. The molecule has 0 aliphatic carbocycles. The lowest BCUT2D eigenvalue weighted by Gasteiger charge is -2.19. The highest BCUT2D eigenvalue weighted by atomic mass is 35.5. The summed E-state index contributed by atoms with van der Waals surface area (Å²) in [6, 6.07) is 10.9. The fourth-order valence-corrected chi connectivity index (χ4v) is 3.54. The minimum absolute atomic E-state index is 0.0393. The Bertz CT molecular complexity index is 1030. The number of hydrogen-bond acceptors (Lipinski definition) is 5. The van der Waals surface area contributed by atoms with Crippen molar-refractivity contribution in [2.75, 3.05) is 13.2 Å². The summed E-state index contributed by atoms with van der Waals surface area (Å²) >= 11 is 6.10. The highest BCUT2D eigenvalue weighted by molar-refractivity contribution is 6.30. The smallest absolute Gasteiger partial charge is 0.276 e. The molecule has 7 heteroatoms. The van der Waals surface area contributed by atoms with Crippen LogP contribution in [-0.2, 0) is 13.0 Å². The van der Waals surface area contributed by atoms with E-state index in [2.05, 4.69) is 4.98 Å². The van der Waals surface area contributed by atoms with E-state index in [0.29, 0.717) is 41.7 Å². The quantitative estimate of drug-likeness (QED) is 0.711. The Morgan fingerprint density at radius 3 is 2.93 bits per heavy atom. The Hall–Kier alpha value is -2.99. The van der Waals surface area contributed by atoms with Gasteiger partial charge in [-0.3, -0.25) is 4.79 Å². The minimum Gasteiger partial charge on any atom is -0.504 e. The lowest BCUT2D eigenvalue weighted by Crippen LogP contribution is -2.33. The number of rotatable bonds is 3. The molecule has 144 valence electrons. The number of amides is 1. The van der Waals surface area contributed by atoms with Crippen molar-refractivity contribution < 1.29 is 19.1 Å². The van der Waals surface area contributed by atoms with Gasteiger partial charge in [-0.15, -0.1) is 0 Å². The Morgan fingerprint density at radius 1 is 1.29 bits per heavy atom. The molecule has 0 spiro atoms. The first-order valence-corrected chi connectivity index (χ1v) is 9.41. The Morgan fingerprint density at radius 2 is 2.14 bits per heavy atom. The van der Waals surface area contributed by atoms with Crippen molar-refractivity contribution in [3.8, 4) is 22.6 Å². The summed E-state index contributed by atoms with van der Waals surface area (Å²) in [5.74, 6) is 0.787. The molecule has 0 radical (unpaired) electrons. The number of hydrogen-bond donors (Lipinski definition) is 1. The van der Waals surface area contributed by atoms with Gasteiger partial charge in [0.25, 0.3) is 5.91 Å². The van der Waals surface area contributed by atoms with Gasteiger partial charge >= 0.3 is 0 Å². The third kappa shape index (κ3) is 3.43. The number of ether oxygens (including phenoxy) is 1. The van der Waals surface area contributed by atoms with Gasteiger partial charge in [0, 0.05) is 23.6 Å². The predicted octanol–water partition coefficient (Wildman–Crippen LogP) is 4.30. The van der Waals surface area contributed by atoms with Crippen LogP contribution in [0.25, 0.3) is 11.1 Å². The van der Waals surface area contributed by atoms with Crippen LogP contribution in [0.4, 0.5) is 0 Å². The Kier molecular flexibility index (Phi) is 4.96. The fourth-order valence-electron chi connectivity index (χ4n) is 3.35. The third-order valence-electron chi connectivity index (χ3n) is 4.72. The maximum absolute atomic E-state index is 13.0. The molecule has 28 heavy (non-hydrogen) atoms. The number of carbonyl (C=O) groups is 1. The van der Waals surface area contributed by atoms with Gasteiger partial charge in [0.2, 0.25) is 0 Å². The molecule has 1 aromatic heterocycles. The summed E-state index contributed by atoms with van der Waals surface area (Å²) in [5, 5.41) is 11.1. The van der Waals surface area contributed by atoms with Crippen molar-refractivity contribution in [3.63, 3.8) is 0 Å². The molecule has 0 fully saturated rings. The van der Waals surface area contributed by atoms with Gasteiger partial charge in [-0.25, -0.2) is 4.98 Å². The van der Waals surface area contributed by atoms with E-state index >= 15 is 0 Å². The van der Waals surface area contributed by atoms with E-state index in [1.807, 2.05) is 31.2 Å². The molecule has 1 aliphatic heterocycles. The van der Waals surface area contributed by atoms with Crippen molar-refractivity contribution in [2.45, 2.75) is 19.9 Å². The van der Waals surface area contributed by atoms with Crippen molar-refractivity contribution in [2.24, 2.45) is 0 Å². The maximum atomic E-state index is 13.0. The second-order valence-corrected chi connectivity index (χ2v) is 6.98. The van der Waals surface area contributed by atoms with Gasteiger partial charge in [-0.1, -0.05) is 30.7 Å². The largest absolute Gasteiger partial charge is 0.504 e. The van der Waals surface area contributed by atoms with Crippen LogP contribution in [0.15, 0.2) is 47.2 Å². The molecule has 0 atom stereocenters. The van der Waals surface area contributed by atoms with Crippen LogP contribution in [0, 0.1) is 0 Å². The number of oxazole rings is 1. The molecule has 4 rings (SSSR count). The van der Waals surface area contributed by atoms with Gasteiger partial charge in [0.05, 0.1) is 6.54 Å². The van der Waals surface area contributed by atoms with Crippen molar-refractivity contribution in [1.82, 2.24) is 9.88 Å². The number of carbonyl (C=O) groups excluding carboxylic acids is 1. The van der Waals surface area contributed by atoms with Crippen LogP contribution < -0.4 is 4.74 Å². The van der Waals surface area contributed by atoms with Crippen LogP contribution >= 0.6 is 11.6 Å². The topological polar surface area (TPSA) is 75.8 Å². The summed E-state index contributed by atoms with van der Waals surface area (Å²) < 4.78 is 11.0. The molecule has 1 N–H and O–H groups in total. The number of halogens is 1. The number of nitrogens with zero attached hydrogens (tertiary/aromatic N) is 2. The number of aryl methyl sites for hydroxylation is 1. The second-order valence-electron chi connectivity index (χ2n) is 6.55. The number of aromatic hydroxyl groups is 1. The number of fused-ring (bicyclic) bond motifs is 1. The second kappa shape index (κ2) is 7.56. The highest BCUT2D eigenvalue weighted by Gasteiger charge is 2.26. The summed E-state index contributed by atoms with van der Waals surface area (Å²) in [6.45, 7) is 2.87. The SMILES string of the molecule is CCc1ocnc1C(=O)N1CCOc2c(O)cc(-c3cccc(Cl)c3)cc2C1. The molecule has 2 heterocycles. The normalized spacial score (nSPS) is 13.6. The summed E-state index contributed by atoms with van der Waals surface area (Å²) in [6.07, 6.45) is 1.87. The average Bonchev–Trinajstić information content (AvgIpc) is 3.06. The van der Waals surface area contributed by atoms with E-state index in [-0.39, 0.29) is 18.3 Å². The minimum atomic E-state index is -0.213. The first kappa shape index (κ1) is 18.4. The lowest BCUT2D eigenvalue weighted by molar-refractivity contribution is 0.0725. The molecule has 1 amide bonds. The molecular weight excluding hydrogens is 380 g/mol. The Balaban J connectivity index is 1.69. The predicted molar refractivity (Wildman–Crippen MR) is 105 cm³/mol. The zero-order valence-electron chi connectivity index (χ0n) is 15.3. The molecule has 0 saturated heterocycles. The van der Waals surface area contributed by atoms with Crippen LogP contribution in [0.1, 0.15) is 28.7 Å². The highest BCUT2D eigenvalue weighted by Crippen LogP contribution is 2.38. The molecule has 2 aromatic carbocycles. The molecule has 3 aromatic rings. The zero-order chi connectivity index (χ0) is 19.7. The zero-order valence-corrected chi connectivity index (χ0v) is 16.1. The van der Waals surface area contributed by atoms with E-state index < -0.39 is 0 Å². The Labute approximate surface area is 167 Å². The van der Waals surface area contributed by atoms with E-state index in [4.69, 9.17) is 20.8 Å². The van der Waals surface area contributed by atoms with Crippen molar-refractivity contribution in [3.05, 3.63) is 64.8 Å². The first-order chi connectivity index (χ1) is 13.6. The monoisotopic (exact) mass is 398 g/mol. The van der Waals surface area contributed by atoms with Crippen LogP contribution in [0.2, 0.25) is 5.02 Å². The summed E-state index contributed by atoms with van der Waals surface area (Å²) in [7, 11) is 0. The number of phenolic OH excluding ortho intramolecular Hbond substituents is 1. The number of aromatic nitrogens is 1. The van der Waals surface area contributed by atoms with Crippen LogP contribution in [0.3, 0.4) is 0 Å². The molecule has 0 unspecified atom stereocenters. The van der Waals surface area contributed by atoms with Gasteiger partial charge < -0.3 is 19.2 Å². The van der Waals surface area contributed by atoms with Crippen molar-refractivity contribution >= 4 is 17.5 Å². The summed E-state index contributed by atoms with van der Waals surface area (Å²) in [4.78, 5) is 18.7. The molecule has 0 bridgehead atoms. The third-order valence-corrected chi connectivity index (χ3v) is 4.96. The van der Waals surface area contributed by atoms with Gasteiger partial charge in [0.1, 0.15) is 12.4 Å². The standard InChI is InChI=1S/C21H19ClN2O4/c1-2-18-19(23-12-28-18)21(26)24-6-7-27-20-15(11-24)8-14(10-17(20)25)13-4-3-5-16(22)9-13/h3-5,8-10,12,25H,2,6-7,11H2,1H3. The van der Waals surface area contributed by atoms with E-state index in [1.54, 1.807) is 17.0 Å². The summed E-state index contributed by atoms with van der Waals surface area (Å²) in [5.41, 5.74) is 2.72. The van der Waals surface area contributed by atoms with Crippen molar-refractivity contribution in [1.29, 1.82) is 0 Å². The lowest BCUT2D eigenvalue weighted by atomic mass is 10.0. The first-order valence-electron chi connectivity index (χ1n) is 9.03. The number of benzene rings is 2. The molecule has 0 saturated carbocycles. The fraction of sp³-hybridized carbons (Fsp3) is 0.238. The average molecular weight is 399 g/mol. The maximum Gasteiger partial charge on any atom is 0.276 e. The van der Waals surface area contributed by atoms with E-state index in [1.165, 1.54) is 6.39 Å². The number of phenols is 1. The van der Waals surface area contributed by atoms with E-state index in [9.17, 15) is 9.90 Å². The van der Waals surface area contributed by atoms with Crippen LogP contribution in [-0.4, -0.2) is 34.0 Å². The van der Waals surface area contributed by atoms with Gasteiger partial charge in [-0.2, -0.15) is 0 Å².